The maximum Gasteiger partial charge on any atom is 0.295 e. The van der Waals surface area contributed by atoms with Crippen LogP contribution in [0.1, 0.15) is 61.2 Å². The van der Waals surface area contributed by atoms with Crippen LogP contribution in [0.4, 0.5) is 0 Å². The van der Waals surface area contributed by atoms with Crippen molar-refractivity contribution in [2.24, 2.45) is 0 Å². The maximum absolute atomic E-state index is 13.5. The number of aromatic nitrogens is 4. The second-order valence-electron chi connectivity index (χ2n) is 10.2. The zero-order valence-corrected chi connectivity index (χ0v) is 23.2. The number of fused-ring (bicyclic) bond motifs is 1. The normalized spacial score (nSPS) is 16.8. The third-order valence-electron chi connectivity index (χ3n) is 7.41. The molecule has 1 aromatic carbocycles. The molecule has 1 aliphatic heterocycles. The van der Waals surface area contributed by atoms with Gasteiger partial charge in [-0.15, -0.1) is 0 Å². The number of aliphatic hydroxyl groups is 1. The lowest BCUT2D eigenvalue weighted by atomic mass is 9.96. The fourth-order valence-corrected chi connectivity index (χ4v) is 5.29. The van der Waals surface area contributed by atoms with E-state index in [-0.39, 0.29) is 11.3 Å². The fourth-order valence-electron chi connectivity index (χ4n) is 5.29. The van der Waals surface area contributed by atoms with Gasteiger partial charge in [0.1, 0.15) is 17.1 Å². The van der Waals surface area contributed by atoms with Crippen molar-refractivity contribution in [2.45, 2.75) is 59.0 Å². The molecule has 1 amide bonds. The molecule has 0 spiro atoms. The number of nitrogens with zero attached hydrogens (tertiary/aromatic N) is 5. The molecule has 9 heteroatoms. The molecule has 40 heavy (non-hydrogen) atoms. The number of carbonyl (C=O) groups is 2. The summed E-state index contributed by atoms with van der Waals surface area (Å²) >= 11 is 0. The van der Waals surface area contributed by atoms with E-state index in [1.807, 2.05) is 71.6 Å². The van der Waals surface area contributed by atoms with Crippen molar-refractivity contribution in [3.63, 3.8) is 0 Å². The number of amides is 1. The first kappa shape index (κ1) is 27.2. The number of aryl methyl sites for hydroxylation is 3. The molecule has 9 nitrogen and oxygen atoms in total. The van der Waals surface area contributed by atoms with Gasteiger partial charge in [0.2, 0.25) is 0 Å². The molecule has 208 valence electrons. The molecule has 5 rings (SSSR count). The Bertz CT molecular complexity index is 1550. The molecule has 1 N–H and O–H groups in total. The maximum atomic E-state index is 13.5. The van der Waals surface area contributed by atoms with Gasteiger partial charge in [-0.25, -0.2) is 9.97 Å². The molecule has 1 fully saturated rings. The second-order valence-corrected chi connectivity index (χ2v) is 10.2. The van der Waals surface area contributed by atoms with E-state index in [0.29, 0.717) is 54.5 Å². The first-order chi connectivity index (χ1) is 19.4. The molecule has 0 bridgehead atoms. The minimum atomic E-state index is -0.771. The van der Waals surface area contributed by atoms with Gasteiger partial charge in [0, 0.05) is 31.7 Å². The topological polar surface area (TPSA) is 102 Å². The predicted molar refractivity (Wildman–Crippen MR) is 152 cm³/mol. The number of carbonyl (C=O) groups excluding carboxylic acids is 2. The van der Waals surface area contributed by atoms with Crippen molar-refractivity contribution in [2.75, 3.05) is 13.2 Å². The number of unbranched alkanes of at least 4 members (excludes halogenated alkanes) is 2. The van der Waals surface area contributed by atoms with Crippen molar-refractivity contribution in [3.05, 3.63) is 89.4 Å². The number of aliphatic hydroxyl groups excluding tert-OH is 1. The lowest BCUT2D eigenvalue weighted by molar-refractivity contribution is -0.139. The highest BCUT2D eigenvalue weighted by atomic mass is 16.5. The van der Waals surface area contributed by atoms with E-state index in [2.05, 4.69) is 16.9 Å². The van der Waals surface area contributed by atoms with Crippen LogP contribution in [-0.4, -0.2) is 53.8 Å². The lowest BCUT2D eigenvalue weighted by Gasteiger charge is -2.25. The van der Waals surface area contributed by atoms with Crippen LogP contribution < -0.4 is 4.74 Å². The van der Waals surface area contributed by atoms with Gasteiger partial charge in [0.25, 0.3) is 11.7 Å². The summed E-state index contributed by atoms with van der Waals surface area (Å²) in [6, 6.07) is 10.5. The van der Waals surface area contributed by atoms with Crippen LogP contribution in [0.3, 0.4) is 0 Å². The van der Waals surface area contributed by atoms with E-state index in [4.69, 9.17) is 4.74 Å². The Morgan fingerprint density at radius 1 is 1.05 bits per heavy atom. The Hall–Kier alpha value is -4.40. The minimum Gasteiger partial charge on any atom is -0.505 e. The standard InChI is InChI=1S/C31H35N5O4/c1-4-5-6-18-40-24-12-7-11-23(19-24)27-25(28(37)26-22(3)35-15-8-10-21(2)30(35)33-26)29(38)31(39)36(27)16-9-14-34-17-13-32-20-34/h7-8,10-13,15,17,19-20,27,37H,4-6,9,14,16,18H2,1-3H3. The highest BCUT2D eigenvalue weighted by Crippen LogP contribution is 2.40. The highest BCUT2D eigenvalue weighted by Gasteiger charge is 2.46. The molecule has 0 aliphatic carbocycles. The summed E-state index contributed by atoms with van der Waals surface area (Å²) in [6.07, 6.45) is 10.9. The summed E-state index contributed by atoms with van der Waals surface area (Å²) in [5.74, 6) is -0.955. The van der Waals surface area contributed by atoms with Crippen LogP contribution in [0.5, 0.6) is 5.75 Å². The largest absolute Gasteiger partial charge is 0.505 e. The molecule has 1 atom stereocenters. The monoisotopic (exact) mass is 541 g/mol. The number of benzene rings is 1. The number of ketones is 1. The summed E-state index contributed by atoms with van der Waals surface area (Å²) in [6.45, 7) is 7.48. The van der Waals surface area contributed by atoms with Crippen molar-refractivity contribution in [1.82, 2.24) is 23.8 Å². The summed E-state index contributed by atoms with van der Waals surface area (Å²) in [4.78, 5) is 37.3. The summed E-state index contributed by atoms with van der Waals surface area (Å²) in [7, 11) is 0. The number of imidazole rings is 2. The van der Waals surface area contributed by atoms with Gasteiger partial charge in [0.15, 0.2) is 5.76 Å². The van der Waals surface area contributed by atoms with Crippen LogP contribution >= 0.6 is 0 Å². The van der Waals surface area contributed by atoms with E-state index < -0.39 is 17.7 Å². The van der Waals surface area contributed by atoms with Crippen LogP contribution in [-0.2, 0) is 16.1 Å². The Labute approximate surface area is 233 Å². The average Bonchev–Trinajstić information content (AvgIpc) is 3.66. The van der Waals surface area contributed by atoms with Crippen molar-refractivity contribution in [1.29, 1.82) is 0 Å². The third-order valence-corrected chi connectivity index (χ3v) is 7.41. The van der Waals surface area contributed by atoms with Gasteiger partial charge in [-0.2, -0.15) is 0 Å². The molecule has 1 saturated heterocycles. The molecular formula is C31H35N5O4. The minimum absolute atomic E-state index is 0.0416. The molecule has 0 radical (unpaired) electrons. The number of hydrogen-bond donors (Lipinski definition) is 1. The summed E-state index contributed by atoms with van der Waals surface area (Å²) in [5.41, 5.74) is 3.36. The van der Waals surface area contributed by atoms with Gasteiger partial charge in [-0.05, 0) is 56.0 Å². The lowest BCUT2D eigenvalue weighted by Crippen LogP contribution is -2.31. The van der Waals surface area contributed by atoms with E-state index in [9.17, 15) is 14.7 Å². The number of hydrogen-bond acceptors (Lipinski definition) is 6. The molecule has 4 aromatic rings. The number of ether oxygens (including phenoxy) is 1. The molecule has 0 saturated carbocycles. The van der Waals surface area contributed by atoms with Gasteiger partial charge >= 0.3 is 0 Å². The Morgan fingerprint density at radius 2 is 1.90 bits per heavy atom. The first-order valence-corrected chi connectivity index (χ1v) is 13.8. The summed E-state index contributed by atoms with van der Waals surface area (Å²) in [5, 5.41) is 11.6. The fraction of sp³-hybridized carbons (Fsp3) is 0.355. The molecular weight excluding hydrogens is 506 g/mol. The summed E-state index contributed by atoms with van der Waals surface area (Å²) < 4.78 is 9.80. The molecule has 3 aromatic heterocycles. The number of rotatable bonds is 11. The zero-order valence-electron chi connectivity index (χ0n) is 23.2. The molecule has 1 aliphatic rings. The number of pyridine rings is 1. The van der Waals surface area contributed by atoms with Crippen LogP contribution in [0.25, 0.3) is 11.4 Å². The second kappa shape index (κ2) is 11.8. The Kier molecular flexibility index (Phi) is 8.00. The van der Waals surface area contributed by atoms with Gasteiger partial charge in [0.05, 0.1) is 30.2 Å². The van der Waals surface area contributed by atoms with Crippen molar-refractivity contribution in [3.8, 4) is 5.75 Å². The Morgan fingerprint density at radius 3 is 2.65 bits per heavy atom. The highest BCUT2D eigenvalue weighted by molar-refractivity contribution is 6.46. The number of likely N-dealkylation sites (tertiary alicyclic amines) is 1. The molecule has 4 heterocycles. The van der Waals surface area contributed by atoms with E-state index in [1.165, 1.54) is 0 Å². The van der Waals surface area contributed by atoms with Crippen LogP contribution in [0, 0.1) is 13.8 Å². The van der Waals surface area contributed by atoms with Crippen molar-refractivity contribution < 1.29 is 19.4 Å². The van der Waals surface area contributed by atoms with E-state index in [1.54, 1.807) is 17.4 Å². The van der Waals surface area contributed by atoms with Gasteiger partial charge in [-0.1, -0.05) is 38.0 Å². The van der Waals surface area contributed by atoms with Crippen LogP contribution in [0.2, 0.25) is 0 Å². The third kappa shape index (κ3) is 5.23. The Balaban J connectivity index is 1.55. The SMILES string of the molecule is CCCCCOc1cccc(C2C(=C(O)c3nc4c(C)cccn4c3C)C(=O)C(=O)N2CCCn2ccnc2)c1. The van der Waals surface area contributed by atoms with Gasteiger partial charge in [-0.3, -0.25) is 9.59 Å². The van der Waals surface area contributed by atoms with E-state index >= 15 is 0 Å². The van der Waals surface area contributed by atoms with Gasteiger partial charge < -0.3 is 23.7 Å². The first-order valence-electron chi connectivity index (χ1n) is 13.8. The van der Waals surface area contributed by atoms with Crippen molar-refractivity contribution >= 4 is 23.1 Å². The van der Waals surface area contributed by atoms with E-state index in [0.717, 1.165) is 24.8 Å². The molecule has 1 unspecified atom stereocenters. The smallest absolute Gasteiger partial charge is 0.295 e. The average molecular weight is 542 g/mol. The van der Waals surface area contributed by atoms with Crippen LogP contribution in [0.15, 0.2) is 66.9 Å². The number of Topliss-reactive ketones (excluding diaryl/α,β-unsaturated/α-hetero) is 1. The quantitative estimate of drug-likeness (QED) is 0.121. The zero-order chi connectivity index (χ0) is 28.2. The predicted octanol–water partition coefficient (Wildman–Crippen LogP) is 5.23.